The van der Waals surface area contributed by atoms with Crippen molar-refractivity contribution in [2.24, 2.45) is 0 Å². The zero-order chi connectivity index (χ0) is 32.5. The number of nitrogens with zero attached hydrogens (tertiary/aromatic N) is 2. The molecule has 1 aliphatic heterocycles. The number of hydrogen-bond acceptors (Lipinski definition) is 6. The van der Waals surface area contributed by atoms with Crippen LogP contribution >= 0.6 is 11.6 Å². The third-order valence-corrected chi connectivity index (χ3v) is 9.23. The number of likely N-dealkylation sites (tertiary alicyclic amines) is 1. The summed E-state index contributed by atoms with van der Waals surface area (Å²) in [6, 6.07) is 28.0. The fourth-order valence-electron chi connectivity index (χ4n) is 5.91. The molecule has 2 heterocycles. The highest BCUT2D eigenvalue weighted by Gasteiger charge is 2.22. The van der Waals surface area contributed by atoms with E-state index < -0.39 is 0 Å². The van der Waals surface area contributed by atoms with E-state index in [1.54, 1.807) is 12.1 Å². The number of aryl methyl sites for hydroxylation is 1. The van der Waals surface area contributed by atoms with Crippen molar-refractivity contribution >= 4 is 17.5 Å². The Morgan fingerprint density at radius 3 is 2.48 bits per heavy atom. The number of hydrogen-bond donors (Lipinski definition) is 3. The number of rotatable bonds is 13. The molecule has 0 unspecified atom stereocenters. The van der Waals surface area contributed by atoms with E-state index >= 15 is 0 Å². The molecule has 2 atom stereocenters. The predicted octanol–water partition coefficient (Wildman–Crippen LogP) is 7.05. The van der Waals surface area contributed by atoms with Crippen LogP contribution in [0.25, 0.3) is 11.3 Å². The predicted molar refractivity (Wildman–Crippen MR) is 185 cm³/mol. The second kappa shape index (κ2) is 16.1. The van der Waals surface area contributed by atoms with Crippen molar-refractivity contribution in [3.05, 3.63) is 117 Å². The molecule has 0 saturated carbocycles. The Hall–Kier alpha value is -3.93. The minimum absolute atomic E-state index is 0.166. The Bertz CT molecular complexity index is 1620. The van der Waals surface area contributed by atoms with Gasteiger partial charge < -0.3 is 25.3 Å². The molecule has 240 valence electrons. The summed E-state index contributed by atoms with van der Waals surface area (Å²) in [5, 5.41) is 20.1. The van der Waals surface area contributed by atoms with Crippen molar-refractivity contribution in [1.82, 2.24) is 20.9 Å². The second-order valence-electron chi connectivity index (χ2n) is 12.3. The van der Waals surface area contributed by atoms with Crippen LogP contribution in [0.15, 0.2) is 83.3 Å². The Morgan fingerprint density at radius 1 is 1.04 bits per heavy atom. The monoisotopic (exact) mass is 637 g/mol. The smallest absolute Gasteiger partial charge is 0.253 e. The molecular formula is C38H44ClN5O2. The van der Waals surface area contributed by atoms with Gasteiger partial charge in [0.05, 0.1) is 28.8 Å². The van der Waals surface area contributed by atoms with Crippen molar-refractivity contribution in [2.75, 3.05) is 26.2 Å². The first-order valence-corrected chi connectivity index (χ1v) is 16.6. The van der Waals surface area contributed by atoms with Gasteiger partial charge in [-0.1, -0.05) is 60.5 Å². The van der Waals surface area contributed by atoms with Gasteiger partial charge in [-0.05, 0) is 106 Å². The fourth-order valence-corrected chi connectivity index (χ4v) is 6.11. The van der Waals surface area contributed by atoms with Crippen molar-refractivity contribution in [1.29, 1.82) is 5.26 Å². The number of furan rings is 1. The highest BCUT2D eigenvalue weighted by atomic mass is 35.5. The molecule has 7 nitrogen and oxygen atoms in total. The molecule has 46 heavy (non-hydrogen) atoms. The molecule has 5 rings (SSSR count). The maximum atomic E-state index is 13.7. The zero-order valence-electron chi connectivity index (χ0n) is 27.0. The van der Waals surface area contributed by atoms with Crippen LogP contribution in [0.1, 0.15) is 71.1 Å². The van der Waals surface area contributed by atoms with Gasteiger partial charge in [-0.15, -0.1) is 0 Å². The molecule has 4 aromatic rings. The average molecular weight is 638 g/mol. The number of carbonyl (C=O) groups excluding carboxylic acids is 1. The summed E-state index contributed by atoms with van der Waals surface area (Å²) in [5.41, 5.74) is 5.33. The largest absolute Gasteiger partial charge is 0.460 e. The van der Waals surface area contributed by atoms with Gasteiger partial charge in [0.15, 0.2) is 0 Å². The van der Waals surface area contributed by atoms with Crippen LogP contribution in [0.2, 0.25) is 5.02 Å². The average Bonchev–Trinajstić information content (AvgIpc) is 3.56. The van der Waals surface area contributed by atoms with Crippen LogP contribution in [-0.4, -0.2) is 49.1 Å². The summed E-state index contributed by atoms with van der Waals surface area (Å²) in [4.78, 5) is 16.2. The van der Waals surface area contributed by atoms with Gasteiger partial charge >= 0.3 is 0 Å². The quantitative estimate of drug-likeness (QED) is 0.146. The summed E-state index contributed by atoms with van der Waals surface area (Å²) in [6.45, 7) is 10.9. The van der Waals surface area contributed by atoms with Crippen molar-refractivity contribution < 1.29 is 9.21 Å². The lowest BCUT2D eigenvalue weighted by molar-refractivity contribution is 0.0934. The maximum absolute atomic E-state index is 13.7. The standard InChI is InChI=1S/C38H44ClN5O2/c1-4-44-19-17-32(18-20-44)42-24-33(21-28-7-9-29(23-40)10-8-28)43-38(45)35-22-31(13-15-36(35)39)37-16-14-34(46-37)25-41-27(3)30-11-5-26(2)6-12-30/h5-16,22,27,32-33,41-42H,4,17-21,24-25H2,1-3H3,(H,43,45)/t27-,33-/m1/s1. The first-order valence-electron chi connectivity index (χ1n) is 16.3. The Kier molecular flexibility index (Phi) is 11.7. The number of nitrogens with one attached hydrogen (secondary N) is 3. The number of amides is 1. The lowest BCUT2D eigenvalue weighted by Crippen LogP contribution is -2.49. The molecule has 0 spiro atoms. The van der Waals surface area contributed by atoms with Gasteiger partial charge in [0.1, 0.15) is 11.5 Å². The topological polar surface area (TPSA) is 93.3 Å². The number of carbonyl (C=O) groups is 1. The van der Waals surface area contributed by atoms with E-state index in [-0.39, 0.29) is 18.0 Å². The first kappa shape index (κ1) is 33.4. The molecule has 1 aliphatic rings. The minimum atomic E-state index is -0.228. The summed E-state index contributed by atoms with van der Waals surface area (Å²) in [6.07, 6.45) is 2.81. The highest BCUT2D eigenvalue weighted by molar-refractivity contribution is 6.34. The van der Waals surface area contributed by atoms with Crippen molar-refractivity contribution in [3.63, 3.8) is 0 Å². The molecule has 8 heteroatoms. The molecule has 1 fully saturated rings. The summed E-state index contributed by atoms with van der Waals surface area (Å²) in [7, 11) is 0. The maximum Gasteiger partial charge on any atom is 0.253 e. The lowest BCUT2D eigenvalue weighted by atomic mass is 10.0. The van der Waals surface area contributed by atoms with Crippen LogP contribution in [0.3, 0.4) is 0 Å². The molecule has 1 amide bonds. The molecule has 0 bridgehead atoms. The zero-order valence-corrected chi connectivity index (χ0v) is 27.7. The van der Waals surface area contributed by atoms with E-state index in [2.05, 4.69) is 72.0 Å². The van der Waals surface area contributed by atoms with E-state index in [0.29, 0.717) is 47.5 Å². The molecule has 1 aromatic heterocycles. The lowest BCUT2D eigenvalue weighted by Gasteiger charge is -2.32. The Labute approximate surface area is 277 Å². The van der Waals surface area contributed by atoms with Crippen LogP contribution in [0.4, 0.5) is 0 Å². The van der Waals surface area contributed by atoms with E-state index in [1.807, 2.05) is 42.5 Å². The van der Waals surface area contributed by atoms with Crippen LogP contribution in [-0.2, 0) is 13.0 Å². The molecule has 3 aromatic carbocycles. The minimum Gasteiger partial charge on any atom is -0.460 e. The Balaban J connectivity index is 1.25. The second-order valence-corrected chi connectivity index (χ2v) is 12.7. The molecular weight excluding hydrogens is 594 g/mol. The summed E-state index contributed by atoms with van der Waals surface area (Å²) in [5.74, 6) is 1.27. The SMILES string of the molecule is CCN1CCC(NC[C@@H](Cc2ccc(C#N)cc2)NC(=O)c2cc(-c3ccc(CN[C@H](C)c4ccc(C)cc4)o3)ccc2Cl)CC1. The normalized spacial score (nSPS) is 15.3. The summed E-state index contributed by atoms with van der Waals surface area (Å²) < 4.78 is 6.18. The molecule has 3 N–H and O–H groups in total. The van der Waals surface area contributed by atoms with Gasteiger partial charge in [-0.3, -0.25) is 4.79 Å². The fraction of sp³-hybridized carbons (Fsp3) is 0.368. The van der Waals surface area contributed by atoms with Gasteiger partial charge in [0.2, 0.25) is 0 Å². The molecule has 1 saturated heterocycles. The molecule has 0 aliphatic carbocycles. The van der Waals surface area contributed by atoms with E-state index in [9.17, 15) is 10.1 Å². The highest BCUT2D eigenvalue weighted by Crippen LogP contribution is 2.28. The van der Waals surface area contributed by atoms with Gasteiger partial charge in [0.25, 0.3) is 5.91 Å². The number of halogens is 1. The third kappa shape index (κ3) is 9.08. The van der Waals surface area contributed by atoms with Crippen LogP contribution in [0, 0.1) is 18.3 Å². The van der Waals surface area contributed by atoms with Crippen LogP contribution in [0.5, 0.6) is 0 Å². The molecule has 0 radical (unpaired) electrons. The van der Waals surface area contributed by atoms with Gasteiger partial charge in [-0.2, -0.15) is 5.26 Å². The number of nitriles is 1. The van der Waals surface area contributed by atoms with E-state index in [0.717, 1.165) is 49.4 Å². The van der Waals surface area contributed by atoms with Crippen molar-refractivity contribution in [3.8, 4) is 17.4 Å². The summed E-state index contributed by atoms with van der Waals surface area (Å²) >= 11 is 6.59. The van der Waals surface area contributed by atoms with Crippen molar-refractivity contribution in [2.45, 2.75) is 64.7 Å². The third-order valence-electron chi connectivity index (χ3n) is 8.91. The van der Waals surface area contributed by atoms with E-state index in [1.165, 1.54) is 11.1 Å². The van der Waals surface area contributed by atoms with Gasteiger partial charge in [-0.25, -0.2) is 0 Å². The van der Waals surface area contributed by atoms with Gasteiger partial charge in [0, 0.05) is 30.2 Å². The van der Waals surface area contributed by atoms with Crippen LogP contribution < -0.4 is 16.0 Å². The Morgan fingerprint density at radius 2 is 1.78 bits per heavy atom. The first-order chi connectivity index (χ1) is 22.3. The number of benzene rings is 3. The van der Waals surface area contributed by atoms with E-state index in [4.69, 9.17) is 16.0 Å². The number of piperidine rings is 1.